The Kier molecular flexibility index (Phi) is 4.18. The molecule has 0 atom stereocenters. The summed E-state index contributed by atoms with van der Waals surface area (Å²) in [5.41, 5.74) is -1.29. The molecule has 0 bridgehead atoms. The van der Waals surface area contributed by atoms with E-state index in [1.165, 1.54) is 6.92 Å². The smallest absolute Gasteiger partial charge is 0.338 e. The van der Waals surface area contributed by atoms with Gasteiger partial charge in [0.2, 0.25) is 5.89 Å². The highest BCUT2D eigenvalue weighted by Gasteiger charge is 2.35. The molecule has 0 amide bonds. The Morgan fingerprint density at radius 3 is 2.57 bits per heavy atom. The van der Waals surface area contributed by atoms with Gasteiger partial charge in [-0.15, -0.1) is 0 Å². The van der Waals surface area contributed by atoms with Crippen LogP contribution in [0.5, 0.6) is 0 Å². The highest BCUT2D eigenvalue weighted by atomic mass is 32.2. The molecule has 0 radical (unpaired) electrons. The van der Waals surface area contributed by atoms with Crippen molar-refractivity contribution in [2.75, 3.05) is 0 Å². The summed E-state index contributed by atoms with van der Waals surface area (Å²) in [6.07, 6.45) is -4.60. The number of alkyl halides is 3. The molecule has 0 spiro atoms. The number of aryl methyl sites for hydroxylation is 2. The van der Waals surface area contributed by atoms with Crippen molar-refractivity contribution < 1.29 is 17.7 Å². The van der Waals surface area contributed by atoms with Crippen LogP contribution in [-0.2, 0) is 11.9 Å². The van der Waals surface area contributed by atoms with Crippen molar-refractivity contribution in [2.24, 2.45) is 0 Å². The van der Waals surface area contributed by atoms with E-state index in [4.69, 9.17) is 9.78 Å². The maximum atomic E-state index is 12.9. The number of hydrogen-bond donors (Lipinski definition) is 0. The van der Waals surface area contributed by atoms with E-state index >= 15 is 0 Å². The number of hydrogen-bond acceptors (Lipinski definition) is 6. The molecule has 0 aliphatic rings. The molecule has 5 nitrogen and oxygen atoms in total. The summed E-state index contributed by atoms with van der Waals surface area (Å²) < 4.78 is 43.7. The van der Waals surface area contributed by atoms with E-state index in [0.717, 1.165) is 17.8 Å². The van der Waals surface area contributed by atoms with Crippen molar-refractivity contribution >= 4 is 11.8 Å². The predicted molar refractivity (Wildman–Crippen MR) is 67.3 cm³/mol. The first-order valence-electron chi connectivity index (χ1n) is 5.72. The van der Waals surface area contributed by atoms with E-state index in [1.807, 2.05) is 0 Å². The third kappa shape index (κ3) is 3.52. The fourth-order valence-electron chi connectivity index (χ4n) is 1.61. The van der Waals surface area contributed by atoms with Gasteiger partial charge in [-0.1, -0.05) is 16.9 Å². The lowest BCUT2D eigenvalue weighted by Gasteiger charge is -2.12. The normalized spacial score (nSPS) is 11.4. The average molecular weight is 314 g/mol. The first-order valence-corrected chi connectivity index (χ1v) is 6.70. The van der Waals surface area contributed by atoms with E-state index in [0.29, 0.717) is 5.82 Å². The van der Waals surface area contributed by atoms with Gasteiger partial charge in [0.25, 0.3) is 0 Å². The molecule has 9 heteroatoms. The number of aromatic nitrogens is 3. The molecule has 2 heterocycles. The number of nitriles is 1. The van der Waals surface area contributed by atoms with Crippen molar-refractivity contribution in [3.05, 3.63) is 34.6 Å². The number of nitrogens with zero attached hydrogens (tertiary/aromatic N) is 4. The molecule has 2 aromatic heterocycles. The van der Waals surface area contributed by atoms with Crippen molar-refractivity contribution in [1.29, 1.82) is 5.26 Å². The van der Waals surface area contributed by atoms with Gasteiger partial charge in [0.1, 0.15) is 11.1 Å². The Balaban J connectivity index is 2.35. The Morgan fingerprint density at radius 2 is 2.05 bits per heavy atom. The number of thioether (sulfide) groups is 1. The molecule has 110 valence electrons. The van der Waals surface area contributed by atoms with Gasteiger partial charge in [-0.25, -0.2) is 4.98 Å². The Hall–Kier alpha value is -2.08. The molecular formula is C12H9F3N4OS. The fraction of sp³-hybridized carbons (Fsp3) is 0.333. The molecule has 0 aromatic carbocycles. The highest BCUT2D eigenvalue weighted by Crippen LogP contribution is 2.36. The third-order valence-electron chi connectivity index (χ3n) is 2.43. The van der Waals surface area contributed by atoms with Crippen molar-refractivity contribution in [1.82, 2.24) is 15.1 Å². The summed E-state index contributed by atoms with van der Waals surface area (Å²) in [5, 5.41) is 12.6. The van der Waals surface area contributed by atoms with Crippen molar-refractivity contribution in [3.8, 4) is 6.07 Å². The van der Waals surface area contributed by atoms with E-state index in [1.54, 1.807) is 13.0 Å². The molecule has 0 saturated heterocycles. The molecule has 2 rings (SSSR count). The van der Waals surface area contributed by atoms with Crippen LogP contribution in [0, 0.1) is 25.2 Å². The van der Waals surface area contributed by atoms with Gasteiger partial charge in [0.15, 0.2) is 5.82 Å². The van der Waals surface area contributed by atoms with Crippen LogP contribution in [0.3, 0.4) is 0 Å². The highest BCUT2D eigenvalue weighted by molar-refractivity contribution is 7.98. The molecule has 0 fully saturated rings. The van der Waals surface area contributed by atoms with Crippen LogP contribution in [-0.4, -0.2) is 15.1 Å². The zero-order valence-electron chi connectivity index (χ0n) is 11.0. The minimum atomic E-state index is -4.60. The summed E-state index contributed by atoms with van der Waals surface area (Å²) in [6.45, 7) is 3.07. The zero-order valence-corrected chi connectivity index (χ0v) is 11.8. The lowest BCUT2D eigenvalue weighted by Crippen LogP contribution is -2.10. The lowest BCUT2D eigenvalue weighted by molar-refractivity contribution is -0.138. The molecule has 0 saturated carbocycles. The van der Waals surface area contributed by atoms with Gasteiger partial charge in [-0.2, -0.15) is 23.4 Å². The molecule has 21 heavy (non-hydrogen) atoms. The molecule has 0 N–H and O–H groups in total. The van der Waals surface area contributed by atoms with Crippen LogP contribution in [0.25, 0.3) is 0 Å². The third-order valence-corrected chi connectivity index (χ3v) is 3.39. The maximum absolute atomic E-state index is 12.9. The number of rotatable bonds is 3. The quantitative estimate of drug-likeness (QED) is 0.809. The summed E-state index contributed by atoms with van der Waals surface area (Å²) in [5.74, 6) is 0.834. The first kappa shape index (κ1) is 15.3. The topological polar surface area (TPSA) is 75.6 Å². The largest absolute Gasteiger partial charge is 0.417 e. The van der Waals surface area contributed by atoms with E-state index in [2.05, 4.69) is 15.1 Å². The van der Waals surface area contributed by atoms with E-state index in [9.17, 15) is 13.2 Å². The monoisotopic (exact) mass is 314 g/mol. The minimum Gasteiger partial charge on any atom is -0.338 e. The van der Waals surface area contributed by atoms with Crippen LogP contribution in [0.1, 0.15) is 28.5 Å². The second-order valence-electron chi connectivity index (χ2n) is 4.12. The van der Waals surface area contributed by atoms with Crippen LogP contribution < -0.4 is 0 Å². The van der Waals surface area contributed by atoms with Gasteiger partial charge >= 0.3 is 6.18 Å². The van der Waals surface area contributed by atoms with Gasteiger partial charge in [-0.05, 0) is 19.9 Å². The van der Waals surface area contributed by atoms with Gasteiger partial charge in [-0.3, -0.25) is 0 Å². The van der Waals surface area contributed by atoms with Crippen LogP contribution >= 0.6 is 11.8 Å². The van der Waals surface area contributed by atoms with Crippen LogP contribution in [0.2, 0.25) is 0 Å². The molecule has 0 aliphatic carbocycles. The second kappa shape index (κ2) is 5.73. The van der Waals surface area contributed by atoms with Crippen LogP contribution in [0.4, 0.5) is 13.2 Å². The second-order valence-corrected chi connectivity index (χ2v) is 5.09. The van der Waals surface area contributed by atoms with Crippen molar-refractivity contribution in [3.63, 3.8) is 0 Å². The standard InChI is InChI=1S/C12H9F3N4OS/c1-6-3-9(12(13,14)15)8(4-16)11(17-6)21-5-10-18-7(2)19-20-10/h3H,5H2,1-2H3. The first-order chi connectivity index (χ1) is 9.81. The molecular weight excluding hydrogens is 305 g/mol. The van der Waals surface area contributed by atoms with Gasteiger partial charge in [0, 0.05) is 5.69 Å². The number of pyridine rings is 1. The molecule has 0 aliphatic heterocycles. The molecule has 2 aromatic rings. The average Bonchev–Trinajstić information content (AvgIpc) is 2.80. The van der Waals surface area contributed by atoms with Gasteiger partial charge < -0.3 is 4.52 Å². The SMILES string of the molecule is Cc1cc(C(F)(F)F)c(C#N)c(SCc2nc(C)no2)n1. The predicted octanol–water partition coefficient (Wildman–Crippen LogP) is 3.26. The summed E-state index contributed by atoms with van der Waals surface area (Å²) in [6, 6.07) is 2.43. The maximum Gasteiger partial charge on any atom is 0.417 e. The van der Waals surface area contributed by atoms with Crippen molar-refractivity contribution in [2.45, 2.75) is 30.8 Å². The lowest BCUT2D eigenvalue weighted by atomic mass is 10.1. The van der Waals surface area contributed by atoms with Crippen LogP contribution in [0.15, 0.2) is 15.6 Å². The molecule has 0 unspecified atom stereocenters. The summed E-state index contributed by atoms with van der Waals surface area (Å²) in [7, 11) is 0. The van der Waals surface area contributed by atoms with Gasteiger partial charge in [0.05, 0.1) is 16.9 Å². The zero-order chi connectivity index (χ0) is 15.6. The van der Waals surface area contributed by atoms with E-state index in [-0.39, 0.29) is 22.4 Å². The fourth-order valence-corrected chi connectivity index (χ4v) is 2.50. The Labute approximate surface area is 122 Å². The van der Waals surface area contributed by atoms with E-state index < -0.39 is 17.3 Å². The Bertz CT molecular complexity index is 706. The summed E-state index contributed by atoms with van der Waals surface area (Å²) >= 11 is 0.953. The summed E-state index contributed by atoms with van der Waals surface area (Å²) in [4.78, 5) is 7.93. The minimum absolute atomic E-state index is 0.000628. The Morgan fingerprint density at radius 1 is 1.33 bits per heavy atom. The number of halogens is 3.